The van der Waals surface area contributed by atoms with Gasteiger partial charge in [-0.15, -0.1) is 0 Å². The van der Waals surface area contributed by atoms with Crippen LogP contribution in [0.2, 0.25) is 0 Å². The van der Waals surface area contributed by atoms with Gasteiger partial charge in [0.05, 0.1) is 4.47 Å². The van der Waals surface area contributed by atoms with Gasteiger partial charge in [-0.05, 0) is 63.6 Å². The Morgan fingerprint density at radius 1 is 1.05 bits per heavy atom. The fraction of sp³-hybridized carbons (Fsp3) is 0.333. The van der Waals surface area contributed by atoms with Gasteiger partial charge in [-0.3, -0.25) is 0 Å². The summed E-state index contributed by atoms with van der Waals surface area (Å²) >= 11 is 3.56. The SMILES string of the molecule is CC(C)c1ccc(COc2ccc(CCN)cc2Br)cc1. The molecule has 2 rings (SSSR count). The van der Waals surface area contributed by atoms with Crippen LogP contribution in [0.1, 0.15) is 36.5 Å². The highest BCUT2D eigenvalue weighted by Crippen LogP contribution is 2.27. The molecule has 0 radical (unpaired) electrons. The maximum absolute atomic E-state index is 5.88. The summed E-state index contributed by atoms with van der Waals surface area (Å²) in [5.41, 5.74) is 9.32. The van der Waals surface area contributed by atoms with Crippen molar-refractivity contribution in [2.75, 3.05) is 6.54 Å². The van der Waals surface area contributed by atoms with Gasteiger partial charge in [0.1, 0.15) is 12.4 Å². The molecule has 21 heavy (non-hydrogen) atoms. The molecule has 0 aliphatic rings. The van der Waals surface area contributed by atoms with Crippen LogP contribution < -0.4 is 10.5 Å². The molecule has 0 unspecified atom stereocenters. The van der Waals surface area contributed by atoms with Crippen molar-refractivity contribution in [1.29, 1.82) is 0 Å². The van der Waals surface area contributed by atoms with Crippen LogP contribution in [0.5, 0.6) is 5.75 Å². The minimum atomic E-state index is 0.559. The summed E-state index contributed by atoms with van der Waals surface area (Å²) in [5.74, 6) is 1.42. The predicted octanol–water partition coefficient (Wildman–Crippen LogP) is 4.65. The summed E-state index contributed by atoms with van der Waals surface area (Å²) in [6, 6.07) is 14.7. The van der Waals surface area contributed by atoms with E-state index in [1.165, 1.54) is 16.7 Å². The zero-order valence-corrected chi connectivity index (χ0v) is 14.2. The van der Waals surface area contributed by atoms with Crippen molar-refractivity contribution < 1.29 is 4.74 Å². The first-order valence-electron chi connectivity index (χ1n) is 7.30. The molecule has 0 aliphatic heterocycles. The Morgan fingerprint density at radius 2 is 1.71 bits per heavy atom. The zero-order chi connectivity index (χ0) is 15.2. The lowest BCUT2D eigenvalue weighted by Crippen LogP contribution is -2.03. The summed E-state index contributed by atoms with van der Waals surface area (Å²) in [4.78, 5) is 0. The summed E-state index contributed by atoms with van der Waals surface area (Å²) in [6.45, 7) is 5.64. The molecule has 0 bridgehead atoms. The third-order valence-corrected chi connectivity index (χ3v) is 4.09. The number of halogens is 1. The molecule has 0 saturated carbocycles. The van der Waals surface area contributed by atoms with Gasteiger partial charge in [0, 0.05) is 0 Å². The second-order valence-electron chi connectivity index (χ2n) is 5.49. The van der Waals surface area contributed by atoms with E-state index >= 15 is 0 Å². The van der Waals surface area contributed by atoms with Crippen LogP contribution >= 0.6 is 15.9 Å². The fourth-order valence-electron chi connectivity index (χ4n) is 2.14. The van der Waals surface area contributed by atoms with E-state index in [0.717, 1.165) is 16.6 Å². The quantitative estimate of drug-likeness (QED) is 0.825. The Bertz CT molecular complexity index is 578. The number of ether oxygens (including phenoxy) is 1. The van der Waals surface area contributed by atoms with Gasteiger partial charge in [0.15, 0.2) is 0 Å². The Morgan fingerprint density at radius 3 is 2.29 bits per heavy atom. The summed E-state index contributed by atoms with van der Waals surface area (Å²) in [5, 5.41) is 0. The van der Waals surface area contributed by atoms with E-state index in [2.05, 4.69) is 66.2 Å². The molecule has 2 aromatic carbocycles. The smallest absolute Gasteiger partial charge is 0.134 e. The lowest BCUT2D eigenvalue weighted by Gasteiger charge is -2.11. The molecule has 0 aromatic heterocycles. The van der Waals surface area contributed by atoms with E-state index in [1.807, 2.05) is 6.07 Å². The molecule has 2 aromatic rings. The van der Waals surface area contributed by atoms with Crippen LogP contribution in [0.4, 0.5) is 0 Å². The van der Waals surface area contributed by atoms with E-state index in [9.17, 15) is 0 Å². The van der Waals surface area contributed by atoms with E-state index in [1.54, 1.807) is 0 Å². The largest absolute Gasteiger partial charge is 0.488 e. The topological polar surface area (TPSA) is 35.2 Å². The number of rotatable bonds is 6. The normalized spacial score (nSPS) is 10.9. The van der Waals surface area contributed by atoms with Gasteiger partial charge in [0.2, 0.25) is 0 Å². The average molecular weight is 348 g/mol. The summed E-state index contributed by atoms with van der Waals surface area (Å²) < 4.78 is 6.86. The first-order valence-corrected chi connectivity index (χ1v) is 8.09. The molecule has 2 N–H and O–H groups in total. The van der Waals surface area contributed by atoms with Crippen LogP contribution in [0.3, 0.4) is 0 Å². The highest BCUT2D eigenvalue weighted by molar-refractivity contribution is 9.10. The van der Waals surface area contributed by atoms with Gasteiger partial charge in [-0.25, -0.2) is 0 Å². The molecule has 0 atom stereocenters. The van der Waals surface area contributed by atoms with Crippen LogP contribution in [-0.4, -0.2) is 6.54 Å². The average Bonchev–Trinajstić information content (AvgIpc) is 2.47. The van der Waals surface area contributed by atoms with Gasteiger partial charge in [-0.1, -0.05) is 44.2 Å². The first kappa shape index (κ1) is 16.1. The maximum atomic E-state index is 5.88. The van der Waals surface area contributed by atoms with Crippen LogP contribution in [-0.2, 0) is 13.0 Å². The van der Waals surface area contributed by atoms with Gasteiger partial charge >= 0.3 is 0 Å². The molecular weight excluding hydrogens is 326 g/mol. The Hall–Kier alpha value is -1.32. The molecule has 0 aliphatic carbocycles. The van der Waals surface area contributed by atoms with Crippen molar-refractivity contribution in [1.82, 2.24) is 0 Å². The minimum absolute atomic E-state index is 0.559. The summed E-state index contributed by atoms with van der Waals surface area (Å²) in [7, 11) is 0. The number of hydrogen-bond acceptors (Lipinski definition) is 2. The van der Waals surface area contributed by atoms with Crippen molar-refractivity contribution in [2.24, 2.45) is 5.73 Å². The standard InChI is InChI=1S/C18H22BrNO/c1-13(2)16-6-3-15(4-7-16)12-21-18-8-5-14(9-10-20)11-17(18)19/h3-8,11,13H,9-10,12,20H2,1-2H3. The number of hydrogen-bond donors (Lipinski definition) is 1. The first-order chi connectivity index (χ1) is 10.1. The van der Waals surface area contributed by atoms with Crippen molar-refractivity contribution in [3.63, 3.8) is 0 Å². The van der Waals surface area contributed by atoms with Gasteiger partial charge < -0.3 is 10.5 Å². The van der Waals surface area contributed by atoms with Crippen LogP contribution in [0, 0.1) is 0 Å². The van der Waals surface area contributed by atoms with Gasteiger partial charge in [0.25, 0.3) is 0 Å². The third kappa shape index (κ3) is 4.58. The molecular formula is C18H22BrNO. The van der Waals surface area contributed by atoms with Crippen LogP contribution in [0.25, 0.3) is 0 Å². The van der Waals surface area contributed by atoms with Crippen molar-refractivity contribution in [3.05, 3.63) is 63.6 Å². The molecule has 0 fully saturated rings. The molecule has 0 heterocycles. The number of nitrogens with two attached hydrogens (primary N) is 1. The van der Waals surface area contributed by atoms with Gasteiger partial charge in [-0.2, -0.15) is 0 Å². The van der Waals surface area contributed by atoms with E-state index in [-0.39, 0.29) is 0 Å². The molecule has 0 amide bonds. The molecule has 0 saturated heterocycles. The molecule has 3 heteroatoms. The Balaban J connectivity index is 1.99. The second-order valence-corrected chi connectivity index (χ2v) is 6.34. The molecule has 112 valence electrons. The Kier molecular flexibility index (Phi) is 5.83. The maximum Gasteiger partial charge on any atom is 0.134 e. The highest BCUT2D eigenvalue weighted by atomic mass is 79.9. The predicted molar refractivity (Wildman–Crippen MR) is 91.8 cm³/mol. The van der Waals surface area contributed by atoms with Crippen molar-refractivity contribution in [2.45, 2.75) is 32.8 Å². The minimum Gasteiger partial charge on any atom is -0.488 e. The third-order valence-electron chi connectivity index (χ3n) is 3.47. The monoisotopic (exact) mass is 347 g/mol. The summed E-state index contributed by atoms with van der Waals surface area (Å²) in [6.07, 6.45) is 0.884. The van der Waals surface area contributed by atoms with E-state index < -0.39 is 0 Å². The number of benzene rings is 2. The van der Waals surface area contributed by atoms with Crippen LogP contribution in [0.15, 0.2) is 46.9 Å². The molecule has 0 spiro atoms. The molecule has 2 nitrogen and oxygen atoms in total. The second kappa shape index (κ2) is 7.62. The Labute approximate surface area is 135 Å². The fourth-order valence-corrected chi connectivity index (χ4v) is 2.68. The van der Waals surface area contributed by atoms with E-state index in [4.69, 9.17) is 10.5 Å². The van der Waals surface area contributed by atoms with Crippen molar-refractivity contribution >= 4 is 15.9 Å². The zero-order valence-electron chi connectivity index (χ0n) is 12.6. The van der Waals surface area contributed by atoms with Crippen molar-refractivity contribution in [3.8, 4) is 5.75 Å². The highest BCUT2D eigenvalue weighted by Gasteiger charge is 2.04. The lowest BCUT2D eigenvalue weighted by atomic mass is 10.0. The van der Waals surface area contributed by atoms with E-state index in [0.29, 0.717) is 19.1 Å². The lowest BCUT2D eigenvalue weighted by molar-refractivity contribution is 0.304.